The Morgan fingerprint density at radius 1 is 1.19 bits per heavy atom. The second kappa shape index (κ2) is 7.96. The summed E-state index contributed by atoms with van der Waals surface area (Å²) in [5.74, 6) is -0.130. The van der Waals surface area contributed by atoms with Crippen LogP contribution in [-0.2, 0) is 4.79 Å². The quantitative estimate of drug-likeness (QED) is 0.646. The molecule has 26 heavy (non-hydrogen) atoms. The van der Waals surface area contributed by atoms with Crippen LogP contribution in [0.15, 0.2) is 36.4 Å². The first-order chi connectivity index (χ1) is 12.5. The van der Waals surface area contributed by atoms with E-state index in [1.54, 1.807) is 17.0 Å². The topological polar surface area (TPSA) is 58.6 Å². The number of esters is 1. The van der Waals surface area contributed by atoms with Crippen molar-refractivity contribution in [2.75, 3.05) is 13.1 Å². The first-order valence-electron chi connectivity index (χ1n) is 8.90. The number of rotatable bonds is 3. The van der Waals surface area contributed by atoms with E-state index in [-0.39, 0.29) is 24.0 Å². The number of carbonyl (C=O) groups excluding carboxylic acids is 2. The van der Waals surface area contributed by atoms with Gasteiger partial charge in [0.2, 0.25) is 0 Å². The van der Waals surface area contributed by atoms with Crippen molar-refractivity contribution in [1.29, 1.82) is 0 Å². The largest absolute Gasteiger partial charge is 0.426 e. The molecule has 1 heterocycles. The highest BCUT2D eigenvalue weighted by atomic mass is 35.5. The Kier molecular flexibility index (Phi) is 5.67. The number of hydrogen-bond acceptors (Lipinski definition) is 3. The van der Waals surface area contributed by atoms with Crippen LogP contribution in [0.25, 0.3) is 10.8 Å². The molecule has 1 saturated heterocycles. The van der Waals surface area contributed by atoms with Gasteiger partial charge >= 0.3 is 12.0 Å². The summed E-state index contributed by atoms with van der Waals surface area (Å²) < 4.78 is 5.68. The molecule has 0 radical (unpaired) electrons. The van der Waals surface area contributed by atoms with Crippen molar-refractivity contribution < 1.29 is 14.3 Å². The number of benzene rings is 2. The molecule has 1 aliphatic heterocycles. The molecule has 0 bridgehead atoms. The summed E-state index contributed by atoms with van der Waals surface area (Å²) in [5, 5.41) is 5.14. The number of amides is 2. The van der Waals surface area contributed by atoms with Crippen molar-refractivity contribution in [2.45, 2.75) is 32.7 Å². The fourth-order valence-corrected chi connectivity index (χ4v) is 3.44. The van der Waals surface area contributed by atoms with Crippen molar-refractivity contribution >= 4 is 34.4 Å². The van der Waals surface area contributed by atoms with Crippen LogP contribution < -0.4 is 10.1 Å². The minimum absolute atomic E-state index is 0.0651. The molecule has 1 N–H and O–H groups in total. The van der Waals surface area contributed by atoms with Gasteiger partial charge in [-0.05, 0) is 38.8 Å². The zero-order valence-electron chi connectivity index (χ0n) is 15.0. The maximum atomic E-state index is 12.7. The van der Waals surface area contributed by atoms with E-state index in [4.69, 9.17) is 16.3 Å². The van der Waals surface area contributed by atoms with Gasteiger partial charge in [0.05, 0.1) is 5.92 Å². The number of ether oxygens (including phenoxy) is 1. The van der Waals surface area contributed by atoms with Crippen LogP contribution in [0, 0.1) is 5.92 Å². The molecular weight excluding hydrogens is 352 g/mol. The molecule has 5 nitrogen and oxygen atoms in total. The predicted molar refractivity (Wildman–Crippen MR) is 103 cm³/mol. The highest BCUT2D eigenvalue weighted by molar-refractivity contribution is 6.35. The monoisotopic (exact) mass is 374 g/mol. The third-order valence-corrected chi connectivity index (χ3v) is 4.83. The highest BCUT2D eigenvalue weighted by Gasteiger charge is 2.30. The second-order valence-electron chi connectivity index (χ2n) is 6.90. The first kappa shape index (κ1) is 18.5. The highest BCUT2D eigenvalue weighted by Crippen LogP contribution is 2.32. The number of urea groups is 1. The molecule has 2 amide bonds. The van der Waals surface area contributed by atoms with Crippen molar-refractivity contribution in [1.82, 2.24) is 10.2 Å². The summed E-state index contributed by atoms with van der Waals surface area (Å²) in [5.41, 5.74) is 0. The minimum Gasteiger partial charge on any atom is -0.426 e. The predicted octanol–water partition coefficient (Wildman–Crippen LogP) is 4.23. The number of hydrogen-bond donors (Lipinski definition) is 1. The molecule has 0 spiro atoms. The average molecular weight is 375 g/mol. The molecule has 1 fully saturated rings. The molecule has 2 aromatic carbocycles. The molecule has 0 saturated carbocycles. The van der Waals surface area contributed by atoms with Gasteiger partial charge in [0.25, 0.3) is 0 Å². The van der Waals surface area contributed by atoms with Crippen molar-refractivity contribution in [3.63, 3.8) is 0 Å². The molecule has 6 heteroatoms. The molecular formula is C20H23ClN2O3. The van der Waals surface area contributed by atoms with Gasteiger partial charge in [0.15, 0.2) is 0 Å². The third kappa shape index (κ3) is 4.10. The van der Waals surface area contributed by atoms with Crippen LogP contribution in [0.1, 0.15) is 26.7 Å². The number of nitrogens with zero attached hydrogens (tertiary/aromatic N) is 1. The summed E-state index contributed by atoms with van der Waals surface area (Å²) in [7, 11) is 0. The fourth-order valence-electron chi connectivity index (χ4n) is 3.21. The van der Waals surface area contributed by atoms with E-state index in [0.29, 0.717) is 23.9 Å². The molecule has 2 aromatic rings. The second-order valence-corrected chi connectivity index (χ2v) is 7.31. The average Bonchev–Trinajstić information content (AvgIpc) is 2.64. The van der Waals surface area contributed by atoms with E-state index in [1.807, 2.05) is 38.1 Å². The van der Waals surface area contributed by atoms with Crippen molar-refractivity contribution in [3.8, 4) is 5.75 Å². The SMILES string of the molecule is CC(C)NC(=O)N1CCC[C@H](C(=O)Oc2ccc(Cl)c3ccccc23)C1. The summed E-state index contributed by atoms with van der Waals surface area (Å²) >= 11 is 6.22. The maximum absolute atomic E-state index is 12.7. The Labute approximate surface area is 158 Å². The number of piperidine rings is 1. The first-order valence-corrected chi connectivity index (χ1v) is 9.28. The van der Waals surface area contributed by atoms with E-state index < -0.39 is 0 Å². The van der Waals surface area contributed by atoms with Gasteiger partial charge in [-0.3, -0.25) is 4.79 Å². The Balaban J connectivity index is 1.72. The lowest BCUT2D eigenvalue weighted by molar-refractivity contribution is -0.140. The van der Waals surface area contributed by atoms with Crippen LogP contribution in [-0.4, -0.2) is 36.0 Å². The Morgan fingerprint density at radius 3 is 2.65 bits per heavy atom. The summed E-state index contributed by atoms with van der Waals surface area (Å²) in [4.78, 5) is 26.6. The number of carbonyl (C=O) groups is 2. The molecule has 0 aliphatic carbocycles. The minimum atomic E-state index is -0.323. The number of halogens is 1. The van der Waals surface area contributed by atoms with E-state index in [1.165, 1.54) is 0 Å². The summed E-state index contributed by atoms with van der Waals surface area (Å²) in [6.07, 6.45) is 1.50. The van der Waals surface area contributed by atoms with Gasteiger partial charge < -0.3 is 15.0 Å². The summed E-state index contributed by atoms with van der Waals surface area (Å²) in [6, 6.07) is 10.9. The van der Waals surface area contributed by atoms with Gasteiger partial charge in [0, 0.05) is 34.9 Å². The molecule has 1 atom stereocenters. The van der Waals surface area contributed by atoms with E-state index in [9.17, 15) is 9.59 Å². The molecule has 0 aromatic heterocycles. The maximum Gasteiger partial charge on any atom is 0.317 e. The van der Waals surface area contributed by atoms with Gasteiger partial charge in [-0.2, -0.15) is 0 Å². The Hall–Kier alpha value is -2.27. The van der Waals surface area contributed by atoms with Crippen molar-refractivity contribution in [3.05, 3.63) is 41.4 Å². The van der Waals surface area contributed by atoms with Crippen LogP contribution in [0.3, 0.4) is 0 Å². The van der Waals surface area contributed by atoms with Crippen LogP contribution in [0.5, 0.6) is 5.75 Å². The van der Waals surface area contributed by atoms with Gasteiger partial charge in [-0.1, -0.05) is 35.9 Å². The fraction of sp³-hybridized carbons (Fsp3) is 0.400. The van der Waals surface area contributed by atoms with E-state index in [0.717, 1.165) is 23.6 Å². The zero-order chi connectivity index (χ0) is 18.7. The lowest BCUT2D eigenvalue weighted by Crippen LogP contribution is -2.49. The zero-order valence-corrected chi connectivity index (χ0v) is 15.8. The van der Waals surface area contributed by atoms with Crippen molar-refractivity contribution in [2.24, 2.45) is 5.92 Å². The Morgan fingerprint density at radius 2 is 1.92 bits per heavy atom. The molecule has 138 valence electrons. The Bertz CT molecular complexity index is 822. The lowest BCUT2D eigenvalue weighted by Gasteiger charge is -2.32. The van der Waals surface area contributed by atoms with Gasteiger partial charge in [-0.15, -0.1) is 0 Å². The normalized spacial score (nSPS) is 17.4. The third-order valence-electron chi connectivity index (χ3n) is 4.50. The number of likely N-dealkylation sites (tertiary alicyclic amines) is 1. The van der Waals surface area contributed by atoms with Crippen LogP contribution in [0.2, 0.25) is 5.02 Å². The smallest absolute Gasteiger partial charge is 0.317 e. The lowest BCUT2D eigenvalue weighted by atomic mass is 9.98. The van der Waals surface area contributed by atoms with Crippen LogP contribution in [0.4, 0.5) is 4.79 Å². The van der Waals surface area contributed by atoms with Gasteiger partial charge in [-0.25, -0.2) is 4.79 Å². The molecule has 0 unspecified atom stereocenters. The van der Waals surface area contributed by atoms with E-state index >= 15 is 0 Å². The number of fused-ring (bicyclic) bond motifs is 1. The summed E-state index contributed by atoms with van der Waals surface area (Å²) in [6.45, 7) is 4.87. The van der Waals surface area contributed by atoms with Crippen LogP contribution >= 0.6 is 11.6 Å². The number of nitrogens with one attached hydrogen (secondary N) is 1. The molecule has 3 rings (SSSR count). The molecule has 1 aliphatic rings. The van der Waals surface area contributed by atoms with Gasteiger partial charge in [0.1, 0.15) is 5.75 Å². The van der Waals surface area contributed by atoms with E-state index in [2.05, 4.69) is 5.32 Å². The standard InChI is InChI=1S/C20H23ClN2O3/c1-13(2)22-20(25)23-11-5-6-14(12-23)19(24)26-18-10-9-17(21)15-7-3-4-8-16(15)18/h3-4,7-10,13-14H,5-6,11-12H2,1-2H3,(H,22,25)/t14-/m0/s1.